The molecule has 0 saturated carbocycles. The van der Waals surface area contributed by atoms with E-state index in [1.165, 1.54) is 7.11 Å². The van der Waals surface area contributed by atoms with Gasteiger partial charge in [0.15, 0.2) is 0 Å². The first-order valence-corrected chi connectivity index (χ1v) is 7.85. The first-order valence-electron chi connectivity index (χ1n) is 7.48. The van der Waals surface area contributed by atoms with Crippen LogP contribution in [0.2, 0.25) is 5.02 Å². The van der Waals surface area contributed by atoms with Gasteiger partial charge < -0.3 is 14.5 Å². The number of fused-ring (bicyclic) bond motifs is 1. The number of hydrogen-bond acceptors (Lipinski definition) is 3. The monoisotopic (exact) mass is 322 g/mol. The molecule has 2 fully saturated rings. The lowest BCUT2D eigenvalue weighted by Crippen LogP contribution is -2.60. The van der Waals surface area contributed by atoms with Crippen LogP contribution in [0.5, 0.6) is 5.75 Å². The summed E-state index contributed by atoms with van der Waals surface area (Å²) in [5.74, 6) is 0.303. The van der Waals surface area contributed by atoms with Crippen molar-refractivity contribution >= 4 is 23.4 Å². The highest BCUT2D eigenvalue weighted by molar-refractivity contribution is 6.31. The Morgan fingerprint density at radius 3 is 2.91 bits per heavy atom. The molecule has 118 valence electrons. The number of carbonyl (C=O) groups excluding carboxylic acids is 2. The molecule has 0 aromatic heterocycles. The van der Waals surface area contributed by atoms with Gasteiger partial charge in [0.2, 0.25) is 5.91 Å². The molecule has 2 aliphatic rings. The number of ether oxygens (including phenoxy) is 1. The van der Waals surface area contributed by atoms with E-state index in [2.05, 4.69) is 0 Å². The van der Waals surface area contributed by atoms with Crippen molar-refractivity contribution < 1.29 is 14.3 Å². The molecule has 3 rings (SSSR count). The van der Waals surface area contributed by atoms with Gasteiger partial charge >= 0.3 is 0 Å². The normalized spacial score (nSPS) is 24.4. The summed E-state index contributed by atoms with van der Waals surface area (Å²) in [6, 6.07) is 4.64. The zero-order chi connectivity index (χ0) is 15.9. The predicted molar refractivity (Wildman–Crippen MR) is 83.2 cm³/mol. The number of piperazine rings is 1. The van der Waals surface area contributed by atoms with E-state index in [9.17, 15) is 9.59 Å². The highest BCUT2D eigenvalue weighted by atomic mass is 35.5. The second-order valence-electron chi connectivity index (χ2n) is 5.81. The maximum absolute atomic E-state index is 12.9. The second-order valence-corrected chi connectivity index (χ2v) is 6.24. The van der Waals surface area contributed by atoms with Gasteiger partial charge in [-0.15, -0.1) is 0 Å². The Morgan fingerprint density at radius 2 is 2.18 bits per heavy atom. The van der Waals surface area contributed by atoms with Crippen LogP contribution in [0.1, 0.15) is 30.1 Å². The highest BCUT2D eigenvalue weighted by Crippen LogP contribution is 2.29. The van der Waals surface area contributed by atoms with Crippen LogP contribution in [-0.4, -0.2) is 53.9 Å². The molecule has 2 atom stereocenters. The van der Waals surface area contributed by atoms with E-state index in [-0.39, 0.29) is 17.9 Å². The van der Waals surface area contributed by atoms with E-state index in [0.29, 0.717) is 22.9 Å². The molecule has 1 aromatic rings. The average Bonchev–Trinajstić information content (AvgIpc) is 2.98. The molecule has 5 nitrogen and oxygen atoms in total. The van der Waals surface area contributed by atoms with E-state index in [4.69, 9.17) is 16.3 Å². The van der Waals surface area contributed by atoms with E-state index in [1.807, 2.05) is 4.90 Å². The minimum atomic E-state index is -0.453. The van der Waals surface area contributed by atoms with Gasteiger partial charge in [-0.2, -0.15) is 0 Å². The molecule has 2 amide bonds. The first-order chi connectivity index (χ1) is 10.5. The Bertz CT molecular complexity index is 619. The number of benzene rings is 1. The van der Waals surface area contributed by atoms with Gasteiger partial charge in [0.25, 0.3) is 5.91 Å². The van der Waals surface area contributed by atoms with Crippen LogP contribution in [0.3, 0.4) is 0 Å². The van der Waals surface area contributed by atoms with E-state index in [1.54, 1.807) is 30.0 Å². The number of hydrogen-bond donors (Lipinski definition) is 0. The van der Waals surface area contributed by atoms with Gasteiger partial charge in [-0.25, -0.2) is 0 Å². The van der Waals surface area contributed by atoms with Crippen LogP contribution < -0.4 is 4.74 Å². The van der Waals surface area contributed by atoms with Crippen molar-refractivity contribution in [3.05, 3.63) is 28.8 Å². The van der Waals surface area contributed by atoms with Crippen LogP contribution >= 0.6 is 11.6 Å². The van der Waals surface area contributed by atoms with Crippen molar-refractivity contribution in [1.82, 2.24) is 9.80 Å². The maximum atomic E-state index is 12.9. The molecule has 0 N–H and O–H groups in total. The van der Waals surface area contributed by atoms with Crippen LogP contribution in [0.25, 0.3) is 0 Å². The lowest BCUT2D eigenvalue weighted by molar-refractivity contribution is -0.141. The summed E-state index contributed by atoms with van der Waals surface area (Å²) in [7, 11) is 1.52. The fourth-order valence-electron chi connectivity index (χ4n) is 3.33. The van der Waals surface area contributed by atoms with Crippen molar-refractivity contribution in [2.75, 3.05) is 20.2 Å². The van der Waals surface area contributed by atoms with E-state index in [0.717, 1.165) is 19.4 Å². The zero-order valence-corrected chi connectivity index (χ0v) is 13.5. The number of methoxy groups -OCH3 is 1. The standard InChI is InChI=1S/C16H19ClN2O3/c1-10-15(20)18-7-3-4-12(18)9-19(10)16(21)13-8-11(17)5-6-14(13)22-2/h5-6,8,10,12H,3-4,7,9H2,1-2H3/t10-,12+/m0/s1. The fraction of sp³-hybridized carbons (Fsp3) is 0.500. The molecule has 2 saturated heterocycles. The summed E-state index contributed by atoms with van der Waals surface area (Å²) in [6.45, 7) is 3.16. The van der Waals surface area contributed by atoms with E-state index < -0.39 is 6.04 Å². The first kappa shape index (κ1) is 15.2. The smallest absolute Gasteiger partial charge is 0.258 e. The summed E-state index contributed by atoms with van der Waals surface area (Å²) in [5, 5.41) is 0.475. The van der Waals surface area contributed by atoms with Crippen LogP contribution in [-0.2, 0) is 4.79 Å². The summed E-state index contributed by atoms with van der Waals surface area (Å²) in [5.41, 5.74) is 0.404. The average molecular weight is 323 g/mol. The molecule has 0 radical (unpaired) electrons. The SMILES string of the molecule is COc1ccc(Cl)cc1C(=O)N1C[C@H]2CCCN2C(=O)[C@@H]1C. The number of carbonyl (C=O) groups is 2. The molecule has 2 aliphatic heterocycles. The van der Waals surface area contributed by atoms with Crippen molar-refractivity contribution in [2.24, 2.45) is 0 Å². The lowest BCUT2D eigenvalue weighted by Gasteiger charge is -2.41. The Labute approximate surface area is 134 Å². The van der Waals surface area contributed by atoms with Crippen molar-refractivity contribution in [1.29, 1.82) is 0 Å². The third kappa shape index (κ3) is 2.43. The van der Waals surface area contributed by atoms with Crippen molar-refractivity contribution in [2.45, 2.75) is 31.8 Å². The molecular weight excluding hydrogens is 304 g/mol. The quantitative estimate of drug-likeness (QED) is 0.838. The number of halogens is 1. The molecule has 0 unspecified atom stereocenters. The van der Waals surface area contributed by atoms with Gasteiger partial charge in [0.1, 0.15) is 11.8 Å². The lowest BCUT2D eigenvalue weighted by atomic mass is 10.0. The third-order valence-corrected chi connectivity index (χ3v) is 4.78. The van der Waals surface area contributed by atoms with Crippen molar-refractivity contribution in [3.8, 4) is 5.75 Å². The minimum absolute atomic E-state index is 0.0306. The zero-order valence-electron chi connectivity index (χ0n) is 12.7. The van der Waals surface area contributed by atoms with E-state index >= 15 is 0 Å². The third-order valence-electron chi connectivity index (χ3n) is 4.55. The molecule has 6 heteroatoms. The van der Waals surface area contributed by atoms with Crippen molar-refractivity contribution in [3.63, 3.8) is 0 Å². The predicted octanol–water partition coefficient (Wildman–Crippen LogP) is 2.18. The molecule has 2 heterocycles. The molecule has 0 spiro atoms. The van der Waals surface area contributed by atoms with Crippen LogP contribution in [0.4, 0.5) is 0 Å². The Hall–Kier alpha value is -1.75. The number of nitrogens with zero attached hydrogens (tertiary/aromatic N) is 2. The fourth-order valence-corrected chi connectivity index (χ4v) is 3.51. The molecular formula is C16H19ClN2O3. The molecule has 1 aromatic carbocycles. The largest absolute Gasteiger partial charge is 0.496 e. The van der Waals surface area contributed by atoms with Gasteiger partial charge in [-0.3, -0.25) is 9.59 Å². The molecule has 22 heavy (non-hydrogen) atoms. The minimum Gasteiger partial charge on any atom is -0.496 e. The maximum Gasteiger partial charge on any atom is 0.258 e. The summed E-state index contributed by atoms with van der Waals surface area (Å²) in [4.78, 5) is 28.9. The van der Waals surface area contributed by atoms with Gasteiger partial charge in [0, 0.05) is 24.2 Å². The highest BCUT2D eigenvalue weighted by Gasteiger charge is 2.42. The Kier molecular flexibility index (Phi) is 4.00. The van der Waals surface area contributed by atoms with Gasteiger partial charge in [-0.1, -0.05) is 11.6 Å². The second kappa shape index (κ2) is 5.80. The van der Waals surface area contributed by atoms with Gasteiger partial charge in [-0.05, 0) is 38.0 Å². The summed E-state index contributed by atoms with van der Waals surface area (Å²) in [6.07, 6.45) is 1.96. The summed E-state index contributed by atoms with van der Waals surface area (Å²) >= 11 is 6.01. The number of amides is 2. The Balaban J connectivity index is 1.91. The summed E-state index contributed by atoms with van der Waals surface area (Å²) < 4.78 is 5.26. The Morgan fingerprint density at radius 1 is 1.41 bits per heavy atom. The molecule has 0 aliphatic carbocycles. The van der Waals surface area contributed by atoms with Crippen LogP contribution in [0.15, 0.2) is 18.2 Å². The number of rotatable bonds is 2. The topological polar surface area (TPSA) is 49.9 Å². The van der Waals surface area contributed by atoms with Gasteiger partial charge in [0.05, 0.1) is 12.7 Å². The van der Waals surface area contributed by atoms with Crippen LogP contribution in [0, 0.1) is 0 Å². The molecule has 0 bridgehead atoms.